The third-order valence-corrected chi connectivity index (χ3v) is 3.67. The van der Waals surface area contributed by atoms with Crippen LogP contribution in [0.2, 0.25) is 0 Å². The molecule has 1 amide bonds. The van der Waals surface area contributed by atoms with Crippen LogP contribution in [0, 0.1) is 0 Å². The summed E-state index contributed by atoms with van der Waals surface area (Å²) in [4.78, 5) is 18.4. The number of carbonyl (C=O) groups is 1. The van der Waals surface area contributed by atoms with E-state index in [2.05, 4.69) is 4.98 Å². The molecule has 126 valence electrons. The summed E-state index contributed by atoms with van der Waals surface area (Å²) in [6, 6.07) is 11.0. The lowest BCUT2D eigenvalue weighted by molar-refractivity contribution is 0.0518. The number of ether oxygens (including phenoxy) is 3. The maximum Gasteiger partial charge on any atom is 0.259 e. The quantitative estimate of drug-likeness (QED) is 0.843. The van der Waals surface area contributed by atoms with Crippen LogP contribution in [0.4, 0.5) is 0 Å². The monoisotopic (exact) mass is 328 g/mol. The van der Waals surface area contributed by atoms with E-state index in [4.69, 9.17) is 14.2 Å². The van der Waals surface area contributed by atoms with Gasteiger partial charge < -0.3 is 19.1 Å². The fraction of sp³-hybridized carbons (Fsp3) is 0.333. The number of aromatic nitrogens is 1. The molecule has 1 aromatic carbocycles. The van der Waals surface area contributed by atoms with Gasteiger partial charge in [0.1, 0.15) is 12.2 Å². The first-order valence-corrected chi connectivity index (χ1v) is 7.90. The number of hydrogen-bond donors (Lipinski definition) is 0. The smallest absolute Gasteiger partial charge is 0.259 e. The second-order valence-corrected chi connectivity index (χ2v) is 5.47. The summed E-state index contributed by atoms with van der Waals surface area (Å²) in [6.45, 7) is 3.13. The maximum atomic E-state index is 12.7. The van der Waals surface area contributed by atoms with Gasteiger partial charge in [0, 0.05) is 13.2 Å². The van der Waals surface area contributed by atoms with Crippen LogP contribution in [0.5, 0.6) is 17.4 Å². The summed E-state index contributed by atoms with van der Waals surface area (Å²) in [6.07, 6.45) is 1.39. The number of rotatable bonds is 5. The van der Waals surface area contributed by atoms with Crippen molar-refractivity contribution in [3.63, 3.8) is 0 Å². The molecule has 0 N–H and O–H groups in total. The lowest BCUT2D eigenvalue weighted by atomic mass is 10.2. The van der Waals surface area contributed by atoms with Gasteiger partial charge >= 0.3 is 0 Å². The molecule has 1 aromatic heterocycles. The Hall–Kier alpha value is -2.76. The lowest BCUT2D eigenvalue weighted by Gasteiger charge is -2.29. The summed E-state index contributed by atoms with van der Waals surface area (Å²) in [5, 5.41) is 0. The number of hydrogen-bond acceptors (Lipinski definition) is 5. The summed E-state index contributed by atoms with van der Waals surface area (Å²) in [5.41, 5.74) is 0.443. The highest BCUT2D eigenvalue weighted by molar-refractivity contribution is 5.96. The third kappa shape index (κ3) is 3.42. The van der Waals surface area contributed by atoms with Crippen LogP contribution < -0.4 is 14.2 Å². The van der Waals surface area contributed by atoms with Crippen molar-refractivity contribution >= 4 is 5.91 Å². The highest BCUT2D eigenvalue weighted by Gasteiger charge is 2.25. The molecule has 1 unspecified atom stereocenters. The van der Waals surface area contributed by atoms with E-state index in [9.17, 15) is 4.79 Å². The Morgan fingerprint density at radius 3 is 2.88 bits per heavy atom. The molecule has 24 heavy (non-hydrogen) atoms. The van der Waals surface area contributed by atoms with E-state index in [-0.39, 0.29) is 12.0 Å². The number of carbonyl (C=O) groups excluding carboxylic acids is 1. The highest BCUT2D eigenvalue weighted by atomic mass is 16.6. The van der Waals surface area contributed by atoms with Crippen LogP contribution in [0.1, 0.15) is 17.3 Å². The van der Waals surface area contributed by atoms with Crippen molar-refractivity contribution < 1.29 is 19.0 Å². The van der Waals surface area contributed by atoms with Gasteiger partial charge in [-0.15, -0.1) is 0 Å². The molecule has 1 aliphatic heterocycles. The number of fused-ring (bicyclic) bond motifs is 1. The van der Waals surface area contributed by atoms with Crippen LogP contribution in [0.3, 0.4) is 0 Å². The van der Waals surface area contributed by atoms with E-state index >= 15 is 0 Å². The van der Waals surface area contributed by atoms with Crippen LogP contribution in [0.25, 0.3) is 0 Å². The Morgan fingerprint density at radius 1 is 1.29 bits per heavy atom. The summed E-state index contributed by atoms with van der Waals surface area (Å²) in [5.74, 6) is 1.62. The van der Waals surface area contributed by atoms with E-state index in [0.717, 1.165) is 5.75 Å². The van der Waals surface area contributed by atoms with Crippen molar-refractivity contribution in [1.29, 1.82) is 0 Å². The molecule has 1 atom stereocenters. The molecule has 3 rings (SSSR count). The van der Waals surface area contributed by atoms with Gasteiger partial charge in [0.15, 0.2) is 17.6 Å². The molecular formula is C18H20N2O4. The zero-order valence-electron chi connectivity index (χ0n) is 13.8. The average Bonchev–Trinajstić information content (AvgIpc) is 2.62. The van der Waals surface area contributed by atoms with Gasteiger partial charge in [-0.3, -0.25) is 4.79 Å². The minimum absolute atomic E-state index is 0.158. The number of nitrogens with zero attached hydrogens (tertiary/aromatic N) is 2. The fourth-order valence-electron chi connectivity index (χ4n) is 2.55. The Labute approximate surface area is 141 Å². The van der Waals surface area contributed by atoms with Gasteiger partial charge in [-0.2, -0.15) is 0 Å². The van der Waals surface area contributed by atoms with Crippen LogP contribution in [-0.2, 0) is 0 Å². The molecule has 0 fully saturated rings. The maximum absolute atomic E-state index is 12.7. The normalized spacial score (nSPS) is 15.7. The first-order chi connectivity index (χ1) is 11.7. The topological polar surface area (TPSA) is 60.9 Å². The molecule has 0 spiro atoms. The molecule has 0 saturated carbocycles. The lowest BCUT2D eigenvalue weighted by Crippen LogP contribution is -2.41. The molecule has 2 heterocycles. The summed E-state index contributed by atoms with van der Waals surface area (Å²) < 4.78 is 17.0. The van der Waals surface area contributed by atoms with Crippen molar-refractivity contribution in [2.24, 2.45) is 0 Å². The summed E-state index contributed by atoms with van der Waals surface area (Å²) in [7, 11) is 1.73. The van der Waals surface area contributed by atoms with E-state index in [0.29, 0.717) is 37.0 Å². The van der Waals surface area contributed by atoms with Gasteiger partial charge in [0.2, 0.25) is 5.88 Å². The molecular weight excluding hydrogens is 308 g/mol. The third-order valence-electron chi connectivity index (χ3n) is 3.67. The molecule has 0 saturated heterocycles. The van der Waals surface area contributed by atoms with Crippen LogP contribution in [0.15, 0.2) is 42.6 Å². The number of likely N-dealkylation sites (N-methyl/N-ethyl adjacent to an activating group) is 1. The average molecular weight is 328 g/mol. The van der Waals surface area contributed by atoms with E-state index in [1.807, 2.05) is 31.2 Å². The second kappa shape index (κ2) is 7.21. The molecule has 1 aliphatic rings. The van der Waals surface area contributed by atoms with Gasteiger partial charge in [0.05, 0.1) is 13.2 Å². The number of pyridine rings is 1. The molecule has 6 nitrogen and oxygen atoms in total. The van der Waals surface area contributed by atoms with Crippen molar-refractivity contribution in [3.05, 3.63) is 48.2 Å². The molecule has 0 aliphatic carbocycles. The summed E-state index contributed by atoms with van der Waals surface area (Å²) >= 11 is 0. The first kappa shape index (κ1) is 16.1. The fourth-order valence-corrected chi connectivity index (χ4v) is 2.55. The van der Waals surface area contributed by atoms with E-state index in [1.165, 1.54) is 0 Å². The number of amides is 1. The standard InChI is InChI=1S/C18H20N2O4/c1-3-22-17-14(7-6-10-19-17)18(21)20(2)11-13-12-23-15-8-4-5-9-16(15)24-13/h4-10,13H,3,11-12H2,1-2H3. The Balaban J connectivity index is 1.67. The van der Waals surface area contributed by atoms with Crippen LogP contribution in [-0.4, -0.2) is 48.7 Å². The van der Waals surface area contributed by atoms with E-state index in [1.54, 1.807) is 30.3 Å². The van der Waals surface area contributed by atoms with Crippen molar-refractivity contribution in [1.82, 2.24) is 9.88 Å². The SMILES string of the molecule is CCOc1ncccc1C(=O)N(C)CC1COc2ccccc2O1. The molecule has 0 radical (unpaired) electrons. The predicted octanol–water partition coefficient (Wildman–Crippen LogP) is 2.39. The van der Waals surface area contributed by atoms with Gasteiger partial charge in [0.25, 0.3) is 5.91 Å². The molecule has 6 heteroatoms. The largest absolute Gasteiger partial charge is 0.486 e. The van der Waals surface area contributed by atoms with Gasteiger partial charge in [-0.1, -0.05) is 12.1 Å². The Morgan fingerprint density at radius 2 is 2.08 bits per heavy atom. The zero-order valence-corrected chi connectivity index (χ0v) is 13.8. The number of para-hydroxylation sites is 2. The minimum Gasteiger partial charge on any atom is -0.486 e. The highest BCUT2D eigenvalue weighted by Crippen LogP contribution is 2.31. The van der Waals surface area contributed by atoms with Crippen molar-refractivity contribution in [3.8, 4) is 17.4 Å². The molecule has 2 aromatic rings. The van der Waals surface area contributed by atoms with Crippen molar-refractivity contribution in [2.75, 3.05) is 26.8 Å². The zero-order chi connectivity index (χ0) is 16.9. The second-order valence-electron chi connectivity index (χ2n) is 5.47. The minimum atomic E-state index is -0.221. The van der Waals surface area contributed by atoms with Gasteiger partial charge in [-0.05, 0) is 31.2 Å². The Bertz CT molecular complexity index is 720. The Kier molecular flexibility index (Phi) is 4.84. The first-order valence-electron chi connectivity index (χ1n) is 7.90. The predicted molar refractivity (Wildman–Crippen MR) is 88.7 cm³/mol. The van der Waals surface area contributed by atoms with E-state index < -0.39 is 0 Å². The van der Waals surface area contributed by atoms with Gasteiger partial charge in [-0.25, -0.2) is 4.98 Å². The number of benzene rings is 1. The van der Waals surface area contributed by atoms with Crippen LogP contribution >= 0.6 is 0 Å². The van der Waals surface area contributed by atoms with Crippen molar-refractivity contribution in [2.45, 2.75) is 13.0 Å². The molecule has 0 bridgehead atoms.